The van der Waals surface area contributed by atoms with Crippen molar-refractivity contribution in [3.63, 3.8) is 0 Å². The van der Waals surface area contributed by atoms with E-state index in [9.17, 15) is 0 Å². The average molecular weight is 286 g/mol. The van der Waals surface area contributed by atoms with E-state index in [2.05, 4.69) is 48.3 Å². The van der Waals surface area contributed by atoms with Gasteiger partial charge in [-0.1, -0.05) is 31.2 Å². The summed E-state index contributed by atoms with van der Waals surface area (Å²) in [4.78, 5) is 2.61. The fourth-order valence-corrected chi connectivity index (χ4v) is 4.17. The van der Waals surface area contributed by atoms with E-state index >= 15 is 0 Å². The summed E-state index contributed by atoms with van der Waals surface area (Å²) in [6, 6.07) is 10.2. The first kappa shape index (κ1) is 15.1. The Bertz CT molecular complexity index is 457. The Morgan fingerprint density at radius 3 is 2.95 bits per heavy atom. The van der Waals surface area contributed by atoms with E-state index in [4.69, 9.17) is 0 Å². The van der Waals surface area contributed by atoms with Crippen molar-refractivity contribution < 1.29 is 0 Å². The van der Waals surface area contributed by atoms with Gasteiger partial charge in [0.2, 0.25) is 0 Å². The first-order chi connectivity index (χ1) is 10.3. The van der Waals surface area contributed by atoms with E-state index in [0.29, 0.717) is 12.1 Å². The second-order valence-electron chi connectivity index (χ2n) is 6.89. The third-order valence-electron chi connectivity index (χ3n) is 5.53. The highest BCUT2D eigenvalue weighted by Gasteiger charge is 2.27. The van der Waals surface area contributed by atoms with Crippen molar-refractivity contribution >= 4 is 0 Å². The van der Waals surface area contributed by atoms with Gasteiger partial charge in [0, 0.05) is 18.6 Å². The molecule has 0 aromatic heterocycles. The van der Waals surface area contributed by atoms with Gasteiger partial charge in [-0.3, -0.25) is 0 Å². The Labute approximate surface area is 129 Å². The molecule has 2 nitrogen and oxygen atoms in total. The highest BCUT2D eigenvalue weighted by molar-refractivity contribution is 5.32. The molecule has 0 bridgehead atoms. The topological polar surface area (TPSA) is 15.3 Å². The quantitative estimate of drug-likeness (QED) is 0.906. The Hall–Kier alpha value is -0.860. The van der Waals surface area contributed by atoms with E-state index < -0.39 is 0 Å². The van der Waals surface area contributed by atoms with Crippen LogP contribution in [0, 0.1) is 5.92 Å². The fourth-order valence-electron chi connectivity index (χ4n) is 4.17. The van der Waals surface area contributed by atoms with Gasteiger partial charge in [-0.25, -0.2) is 0 Å². The Morgan fingerprint density at radius 1 is 1.24 bits per heavy atom. The van der Waals surface area contributed by atoms with E-state index in [-0.39, 0.29) is 0 Å². The minimum Gasteiger partial charge on any atom is -0.307 e. The van der Waals surface area contributed by atoms with Crippen molar-refractivity contribution in [2.75, 3.05) is 19.6 Å². The van der Waals surface area contributed by atoms with E-state index in [1.54, 1.807) is 11.1 Å². The number of fused-ring (bicyclic) bond motifs is 1. The van der Waals surface area contributed by atoms with Crippen molar-refractivity contribution in [3.05, 3.63) is 35.4 Å². The maximum atomic E-state index is 3.96. The standard InChI is InChI=1S/C19H30N2/c1-3-21-13-7-10-17(14-21)15(2)20-19-12-6-9-16-8-4-5-11-18(16)19/h4-5,8,11,15,17,19-20H,3,6-7,9-10,12-14H2,1-2H3. The van der Waals surface area contributed by atoms with Gasteiger partial charge in [-0.2, -0.15) is 0 Å². The van der Waals surface area contributed by atoms with Gasteiger partial charge >= 0.3 is 0 Å². The average Bonchev–Trinajstić information content (AvgIpc) is 2.55. The minimum absolute atomic E-state index is 0.571. The summed E-state index contributed by atoms with van der Waals surface area (Å²) in [5.74, 6) is 0.813. The SMILES string of the molecule is CCN1CCCC(C(C)NC2CCCc3ccccc32)C1. The highest BCUT2D eigenvalue weighted by atomic mass is 15.1. The molecule has 3 atom stereocenters. The summed E-state index contributed by atoms with van der Waals surface area (Å²) in [5.41, 5.74) is 3.12. The van der Waals surface area contributed by atoms with Crippen molar-refractivity contribution in [3.8, 4) is 0 Å². The van der Waals surface area contributed by atoms with Crippen molar-refractivity contribution in [2.45, 2.75) is 58.0 Å². The molecule has 21 heavy (non-hydrogen) atoms. The van der Waals surface area contributed by atoms with Gasteiger partial charge < -0.3 is 10.2 Å². The zero-order valence-electron chi connectivity index (χ0n) is 13.6. The third-order valence-corrected chi connectivity index (χ3v) is 5.53. The van der Waals surface area contributed by atoms with Crippen molar-refractivity contribution in [1.29, 1.82) is 0 Å². The molecule has 1 aliphatic heterocycles. The molecule has 0 spiro atoms. The Kier molecular flexibility index (Phi) is 4.97. The molecule has 1 N–H and O–H groups in total. The molecule has 1 heterocycles. The largest absolute Gasteiger partial charge is 0.307 e. The van der Waals surface area contributed by atoms with Crippen LogP contribution in [0.4, 0.5) is 0 Å². The molecule has 0 saturated carbocycles. The van der Waals surface area contributed by atoms with Gasteiger partial charge in [-0.05, 0) is 69.2 Å². The summed E-state index contributed by atoms with van der Waals surface area (Å²) < 4.78 is 0. The van der Waals surface area contributed by atoms with Crippen LogP contribution in [0.25, 0.3) is 0 Å². The number of nitrogens with one attached hydrogen (secondary N) is 1. The zero-order valence-corrected chi connectivity index (χ0v) is 13.6. The monoisotopic (exact) mass is 286 g/mol. The first-order valence-corrected chi connectivity index (χ1v) is 8.84. The number of hydrogen-bond donors (Lipinski definition) is 1. The van der Waals surface area contributed by atoms with Gasteiger partial charge in [0.05, 0.1) is 0 Å². The summed E-state index contributed by atoms with van der Waals surface area (Å²) in [7, 11) is 0. The van der Waals surface area contributed by atoms with Crippen LogP contribution in [0.1, 0.15) is 56.7 Å². The van der Waals surface area contributed by atoms with Crippen LogP contribution in [0.3, 0.4) is 0 Å². The summed E-state index contributed by atoms with van der Waals surface area (Å²) in [5, 5.41) is 3.96. The molecule has 1 aliphatic carbocycles. The third kappa shape index (κ3) is 3.49. The van der Waals surface area contributed by atoms with Gasteiger partial charge in [0.15, 0.2) is 0 Å². The Balaban J connectivity index is 1.64. The van der Waals surface area contributed by atoms with E-state index in [1.165, 1.54) is 51.7 Å². The molecule has 2 aliphatic rings. The number of nitrogens with zero attached hydrogens (tertiary/aromatic N) is 1. The molecular weight excluding hydrogens is 256 g/mol. The number of rotatable bonds is 4. The molecule has 1 aromatic carbocycles. The normalized spacial score (nSPS) is 28.1. The van der Waals surface area contributed by atoms with Crippen LogP contribution in [0.2, 0.25) is 0 Å². The number of piperidine rings is 1. The molecule has 116 valence electrons. The second kappa shape index (κ2) is 6.93. The second-order valence-corrected chi connectivity index (χ2v) is 6.89. The summed E-state index contributed by atoms with van der Waals surface area (Å²) in [6.45, 7) is 8.47. The number of hydrogen-bond acceptors (Lipinski definition) is 2. The van der Waals surface area contributed by atoms with Crippen LogP contribution in [0.15, 0.2) is 24.3 Å². The highest BCUT2D eigenvalue weighted by Crippen LogP contribution is 2.31. The molecule has 1 aromatic rings. The van der Waals surface area contributed by atoms with Crippen LogP contribution in [-0.2, 0) is 6.42 Å². The van der Waals surface area contributed by atoms with Crippen LogP contribution in [0.5, 0.6) is 0 Å². The number of likely N-dealkylation sites (tertiary alicyclic amines) is 1. The van der Waals surface area contributed by atoms with Crippen molar-refractivity contribution in [2.24, 2.45) is 5.92 Å². The predicted octanol–water partition coefficient (Wildman–Crippen LogP) is 3.77. The smallest absolute Gasteiger partial charge is 0.0325 e. The van der Waals surface area contributed by atoms with E-state index in [0.717, 1.165) is 5.92 Å². The fraction of sp³-hybridized carbons (Fsp3) is 0.684. The van der Waals surface area contributed by atoms with E-state index in [1.807, 2.05) is 0 Å². The lowest BCUT2D eigenvalue weighted by molar-refractivity contribution is 0.151. The number of benzene rings is 1. The van der Waals surface area contributed by atoms with Gasteiger partial charge in [0.25, 0.3) is 0 Å². The summed E-state index contributed by atoms with van der Waals surface area (Å²) in [6.07, 6.45) is 6.64. The van der Waals surface area contributed by atoms with Crippen molar-refractivity contribution in [1.82, 2.24) is 10.2 Å². The predicted molar refractivity (Wildman–Crippen MR) is 89.6 cm³/mol. The van der Waals surface area contributed by atoms with Crippen LogP contribution >= 0.6 is 0 Å². The molecule has 0 radical (unpaired) electrons. The first-order valence-electron chi connectivity index (χ1n) is 8.84. The van der Waals surface area contributed by atoms with Gasteiger partial charge in [0.1, 0.15) is 0 Å². The molecule has 0 amide bonds. The number of aryl methyl sites for hydroxylation is 1. The maximum absolute atomic E-state index is 3.96. The minimum atomic E-state index is 0.571. The van der Waals surface area contributed by atoms with Crippen LogP contribution in [-0.4, -0.2) is 30.6 Å². The lowest BCUT2D eigenvalue weighted by Crippen LogP contribution is -2.45. The molecule has 3 unspecified atom stereocenters. The molecule has 3 rings (SSSR count). The molecule has 1 saturated heterocycles. The van der Waals surface area contributed by atoms with Gasteiger partial charge in [-0.15, -0.1) is 0 Å². The lowest BCUT2D eigenvalue weighted by atomic mass is 9.85. The molecular formula is C19H30N2. The van der Waals surface area contributed by atoms with Crippen LogP contribution < -0.4 is 5.32 Å². The Morgan fingerprint density at radius 2 is 2.10 bits per heavy atom. The molecule has 2 heteroatoms. The maximum Gasteiger partial charge on any atom is 0.0325 e. The zero-order chi connectivity index (χ0) is 14.7. The molecule has 1 fully saturated rings. The summed E-state index contributed by atoms with van der Waals surface area (Å²) >= 11 is 0. The lowest BCUT2D eigenvalue weighted by Gasteiger charge is -2.38.